The molecule has 4 rings (SSSR count). The maximum absolute atomic E-state index is 11.3. The fraction of sp³-hybridized carbons (Fsp3) is 0.250. The monoisotopic (exact) mass is 472 g/mol. The number of nitrogens with zero attached hydrogens (tertiary/aromatic N) is 1. The van der Waals surface area contributed by atoms with Gasteiger partial charge in [-0.15, -0.1) is 0 Å². The van der Waals surface area contributed by atoms with Crippen LogP contribution in [0.25, 0.3) is 0 Å². The molecule has 0 fully saturated rings. The SMILES string of the molecule is O=C(O)c1cc(Oc2ccc3c(c2)C[C@@H](NC[C@H](O)c2ccc(Cl)nc2)CC3)ccc1Cl. The lowest BCUT2D eigenvalue weighted by molar-refractivity contribution is 0.0696. The van der Waals surface area contributed by atoms with E-state index in [2.05, 4.69) is 10.3 Å². The first-order valence-electron chi connectivity index (χ1n) is 10.2. The summed E-state index contributed by atoms with van der Waals surface area (Å²) >= 11 is 11.7. The Balaban J connectivity index is 1.40. The van der Waals surface area contributed by atoms with Crippen LogP contribution in [0.15, 0.2) is 54.7 Å². The van der Waals surface area contributed by atoms with E-state index in [1.165, 1.54) is 23.3 Å². The van der Waals surface area contributed by atoms with E-state index in [4.69, 9.17) is 27.9 Å². The Hall–Kier alpha value is -2.64. The van der Waals surface area contributed by atoms with Crippen LogP contribution in [0.4, 0.5) is 0 Å². The van der Waals surface area contributed by atoms with Gasteiger partial charge in [0.15, 0.2) is 0 Å². The average Bonchev–Trinajstić information content (AvgIpc) is 2.78. The number of hydrogen-bond acceptors (Lipinski definition) is 5. The molecular weight excluding hydrogens is 451 g/mol. The summed E-state index contributed by atoms with van der Waals surface area (Å²) in [6.45, 7) is 0.419. The first-order chi connectivity index (χ1) is 15.4. The van der Waals surface area contributed by atoms with Crippen LogP contribution >= 0.6 is 23.2 Å². The van der Waals surface area contributed by atoms with E-state index in [0.29, 0.717) is 23.2 Å². The van der Waals surface area contributed by atoms with E-state index in [9.17, 15) is 15.0 Å². The molecule has 1 aliphatic carbocycles. The highest BCUT2D eigenvalue weighted by Gasteiger charge is 2.20. The number of benzene rings is 2. The number of carboxylic acid groups (broad SMARTS) is 1. The summed E-state index contributed by atoms with van der Waals surface area (Å²) in [5, 5.41) is 23.7. The van der Waals surface area contributed by atoms with Crippen LogP contribution in [-0.4, -0.2) is 33.8 Å². The van der Waals surface area contributed by atoms with Gasteiger partial charge in [-0.05, 0) is 66.8 Å². The van der Waals surface area contributed by atoms with Crippen LogP contribution in [0.2, 0.25) is 10.2 Å². The first kappa shape index (κ1) is 22.6. The molecule has 0 spiro atoms. The van der Waals surface area contributed by atoms with Crippen LogP contribution in [0.5, 0.6) is 11.5 Å². The second kappa shape index (κ2) is 9.88. The summed E-state index contributed by atoms with van der Waals surface area (Å²) < 4.78 is 5.89. The molecule has 0 bridgehead atoms. The number of aliphatic hydroxyl groups excluding tert-OH is 1. The van der Waals surface area contributed by atoms with Crippen molar-refractivity contribution in [2.45, 2.75) is 31.4 Å². The van der Waals surface area contributed by atoms with Crippen molar-refractivity contribution < 1.29 is 19.7 Å². The van der Waals surface area contributed by atoms with Gasteiger partial charge in [0, 0.05) is 24.3 Å². The molecule has 1 aromatic heterocycles. The molecule has 0 saturated heterocycles. The standard InChI is InChI=1S/C24H22Cl2N2O4/c25-21-7-6-19(11-20(21)24(30)31)32-18-5-2-14-1-4-17(9-16(14)10-18)27-13-22(29)15-3-8-23(26)28-12-15/h2-3,5-8,10-12,17,22,27,29H,1,4,9,13H2,(H,30,31)/t17-,22-/m0/s1. The summed E-state index contributed by atoms with van der Waals surface area (Å²) in [4.78, 5) is 15.3. The van der Waals surface area contributed by atoms with Gasteiger partial charge < -0.3 is 20.3 Å². The molecule has 32 heavy (non-hydrogen) atoms. The van der Waals surface area contributed by atoms with Gasteiger partial charge in [-0.2, -0.15) is 0 Å². The summed E-state index contributed by atoms with van der Waals surface area (Å²) in [6, 6.07) is 14.2. The minimum atomic E-state index is -1.10. The molecule has 0 unspecified atom stereocenters. The average molecular weight is 473 g/mol. The van der Waals surface area contributed by atoms with Crippen molar-refractivity contribution in [2.75, 3.05) is 6.54 Å². The molecule has 166 valence electrons. The highest BCUT2D eigenvalue weighted by atomic mass is 35.5. The number of aliphatic hydroxyl groups is 1. The minimum Gasteiger partial charge on any atom is -0.478 e. The number of aromatic nitrogens is 1. The second-order valence-corrected chi connectivity index (χ2v) is 8.55. The van der Waals surface area contributed by atoms with Crippen molar-refractivity contribution in [3.63, 3.8) is 0 Å². The van der Waals surface area contributed by atoms with Crippen molar-refractivity contribution in [3.8, 4) is 11.5 Å². The van der Waals surface area contributed by atoms with E-state index in [1.54, 1.807) is 24.4 Å². The fourth-order valence-electron chi connectivity index (χ4n) is 3.82. The van der Waals surface area contributed by atoms with Crippen LogP contribution in [0.3, 0.4) is 0 Å². The molecule has 0 radical (unpaired) electrons. The maximum atomic E-state index is 11.3. The summed E-state index contributed by atoms with van der Waals surface area (Å²) in [7, 11) is 0. The number of aromatic carboxylic acids is 1. The molecule has 3 N–H and O–H groups in total. The van der Waals surface area contributed by atoms with Crippen LogP contribution < -0.4 is 10.1 Å². The van der Waals surface area contributed by atoms with Gasteiger partial charge in [0.25, 0.3) is 0 Å². The van der Waals surface area contributed by atoms with Crippen molar-refractivity contribution in [3.05, 3.63) is 87.2 Å². The van der Waals surface area contributed by atoms with Gasteiger partial charge in [-0.3, -0.25) is 0 Å². The normalized spacial score (nSPS) is 16.3. The molecule has 2 atom stereocenters. The number of nitrogens with one attached hydrogen (secondary N) is 1. The van der Waals surface area contributed by atoms with E-state index in [1.807, 2.05) is 18.2 Å². The fourth-order valence-corrected chi connectivity index (χ4v) is 4.13. The third-order valence-corrected chi connectivity index (χ3v) is 6.10. The number of fused-ring (bicyclic) bond motifs is 1. The zero-order chi connectivity index (χ0) is 22.7. The molecule has 0 aliphatic heterocycles. The van der Waals surface area contributed by atoms with Gasteiger partial charge >= 0.3 is 5.97 Å². The van der Waals surface area contributed by atoms with E-state index in [0.717, 1.165) is 24.8 Å². The third-order valence-electron chi connectivity index (χ3n) is 5.55. The predicted octanol–water partition coefficient (Wildman–Crippen LogP) is 5.06. The highest BCUT2D eigenvalue weighted by molar-refractivity contribution is 6.33. The molecule has 2 aromatic carbocycles. The largest absolute Gasteiger partial charge is 0.478 e. The molecule has 8 heteroatoms. The third kappa shape index (κ3) is 5.40. The summed E-state index contributed by atoms with van der Waals surface area (Å²) in [5.41, 5.74) is 3.15. The summed E-state index contributed by atoms with van der Waals surface area (Å²) in [5.74, 6) is -0.0522. The quantitative estimate of drug-likeness (QED) is 0.416. The Morgan fingerprint density at radius 1 is 1.12 bits per heavy atom. The van der Waals surface area contributed by atoms with Crippen molar-refractivity contribution in [2.24, 2.45) is 0 Å². The van der Waals surface area contributed by atoms with E-state index in [-0.39, 0.29) is 16.6 Å². The van der Waals surface area contributed by atoms with Crippen LogP contribution in [0.1, 0.15) is 39.6 Å². The van der Waals surface area contributed by atoms with Gasteiger partial charge in [0.05, 0.1) is 16.7 Å². The van der Waals surface area contributed by atoms with Gasteiger partial charge in [0.2, 0.25) is 0 Å². The van der Waals surface area contributed by atoms with Crippen molar-refractivity contribution in [1.82, 2.24) is 10.3 Å². The number of carbonyl (C=O) groups is 1. The number of rotatable bonds is 7. The van der Waals surface area contributed by atoms with Crippen LogP contribution in [-0.2, 0) is 12.8 Å². The second-order valence-electron chi connectivity index (χ2n) is 7.76. The summed E-state index contributed by atoms with van der Waals surface area (Å²) in [6.07, 6.45) is 3.62. The highest BCUT2D eigenvalue weighted by Crippen LogP contribution is 2.30. The Morgan fingerprint density at radius 2 is 1.91 bits per heavy atom. The Bertz CT molecular complexity index is 1120. The number of aryl methyl sites for hydroxylation is 1. The minimum absolute atomic E-state index is 0.000774. The molecule has 3 aromatic rings. The van der Waals surface area contributed by atoms with Gasteiger partial charge in [-0.1, -0.05) is 35.3 Å². The maximum Gasteiger partial charge on any atom is 0.337 e. The number of carboxylic acids is 1. The first-order valence-corrected chi connectivity index (χ1v) is 11.0. The molecule has 1 heterocycles. The number of pyridine rings is 1. The van der Waals surface area contributed by atoms with Crippen molar-refractivity contribution >= 4 is 29.2 Å². The Morgan fingerprint density at radius 3 is 2.66 bits per heavy atom. The van der Waals surface area contributed by atoms with Gasteiger partial charge in [-0.25, -0.2) is 9.78 Å². The van der Waals surface area contributed by atoms with E-state index >= 15 is 0 Å². The predicted molar refractivity (Wildman–Crippen MR) is 123 cm³/mol. The molecule has 0 amide bonds. The lowest BCUT2D eigenvalue weighted by atomic mass is 9.88. The number of hydrogen-bond donors (Lipinski definition) is 3. The zero-order valence-corrected chi connectivity index (χ0v) is 18.6. The molecule has 6 nitrogen and oxygen atoms in total. The number of halogens is 2. The molecular formula is C24H22Cl2N2O4. The zero-order valence-electron chi connectivity index (χ0n) is 17.1. The Kier molecular flexibility index (Phi) is 6.96. The smallest absolute Gasteiger partial charge is 0.337 e. The lowest BCUT2D eigenvalue weighted by Gasteiger charge is -2.27. The van der Waals surface area contributed by atoms with E-state index < -0.39 is 12.1 Å². The Labute approximate surface area is 195 Å². The number of ether oxygens (including phenoxy) is 1. The lowest BCUT2D eigenvalue weighted by Crippen LogP contribution is -2.37. The van der Waals surface area contributed by atoms with Crippen LogP contribution in [0, 0.1) is 0 Å². The van der Waals surface area contributed by atoms with Gasteiger partial charge in [0.1, 0.15) is 16.7 Å². The topological polar surface area (TPSA) is 91.7 Å². The molecule has 0 saturated carbocycles. The van der Waals surface area contributed by atoms with Crippen molar-refractivity contribution in [1.29, 1.82) is 0 Å². The molecule has 1 aliphatic rings.